The lowest BCUT2D eigenvalue weighted by Crippen LogP contribution is -2.26. The van der Waals surface area contributed by atoms with Crippen LogP contribution in [-0.4, -0.2) is 10.9 Å². The molecule has 1 heterocycles. The molecular weight excluding hydrogens is 257 g/mol. The predicted octanol–water partition coefficient (Wildman–Crippen LogP) is 3.27. The van der Waals surface area contributed by atoms with Gasteiger partial charge in [0.2, 0.25) is 5.91 Å². The molecule has 1 aromatic heterocycles. The van der Waals surface area contributed by atoms with Crippen LogP contribution in [0.5, 0.6) is 0 Å². The quantitative estimate of drug-likeness (QED) is 0.930. The first kappa shape index (κ1) is 14.0. The van der Waals surface area contributed by atoms with Crippen LogP contribution in [0.15, 0.2) is 42.6 Å². The number of aromatic nitrogens is 1. The van der Waals surface area contributed by atoms with E-state index in [1.807, 2.05) is 6.92 Å². The van der Waals surface area contributed by atoms with Gasteiger partial charge >= 0.3 is 0 Å². The van der Waals surface area contributed by atoms with Crippen LogP contribution < -0.4 is 10.6 Å². The first-order chi connectivity index (χ1) is 9.61. The lowest BCUT2D eigenvalue weighted by Gasteiger charge is -2.22. The van der Waals surface area contributed by atoms with Crippen LogP contribution in [-0.2, 0) is 4.79 Å². The first-order valence-electron chi connectivity index (χ1n) is 6.42. The van der Waals surface area contributed by atoms with E-state index in [-0.39, 0.29) is 11.7 Å². The van der Waals surface area contributed by atoms with Crippen LogP contribution in [0.3, 0.4) is 0 Å². The van der Waals surface area contributed by atoms with Crippen LogP contribution in [0.25, 0.3) is 0 Å². The van der Waals surface area contributed by atoms with E-state index in [2.05, 4.69) is 4.98 Å². The minimum absolute atomic E-state index is 0.0998. The van der Waals surface area contributed by atoms with Gasteiger partial charge in [0, 0.05) is 24.4 Å². The summed E-state index contributed by atoms with van der Waals surface area (Å²) in [6, 6.07) is 9.00. The summed E-state index contributed by atoms with van der Waals surface area (Å²) in [5.74, 6) is -0.00978. The number of nitrogens with zero attached hydrogens (tertiary/aromatic N) is 2. The molecule has 0 fully saturated rings. The van der Waals surface area contributed by atoms with E-state index in [4.69, 9.17) is 5.73 Å². The van der Waals surface area contributed by atoms with Crippen molar-refractivity contribution in [3.05, 3.63) is 48.4 Å². The molecule has 0 saturated heterocycles. The van der Waals surface area contributed by atoms with E-state index >= 15 is 0 Å². The Morgan fingerprint density at radius 2 is 2.00 bits per heavy atom. The van der Waals surface area contributed by atoms with Crippen molar-refractivity contribution in [1.29, 1.82) is 0 Å². The number of rotatable bonds is 4. The lowest BCUT2D eigenvalue weighted by atomic mass is 10.2. The van der Waals surface area contributed by atoms with Gasteiger partial charge in [0.1, 0.15) is 11.6 Å². The Kier molecular flexibility index (Phi) is 4.30. The lowest BCUT2D eigenvalue weighted by molar-refractivity contribution is -0.117. The predicted molar refractivity (Wildman–Crippen MR) is 77.1 cm³/mol. The zero-order valence-electron chi connectivity index (χ0n) is 11.2. The molecule has 4 nitrogen and oxygen atoms in total. The Balaban J connectivity index is 2.44. The second kappa shape index (κ2) is 6.14. The number of hydrogen-bond acceptors (Lipinski definition) is 3. The van der Waals surface area contributed by atoms with E-state index in [1.165, 1.54) is 17.0 Å². The van der Waals surface area contributed by atoms with Gasteiger partial charge in [-0.25, -0.2) is 9.37 Å². The third-order valence-electron chi connectivity index (χ3n) is 2.80. The Bertz CT molecular complexity index is 598. The molecule has 0 bridgehead atoms. The molecule has 0 saturated carbocycles. The SMILES string of the molecule is CCCC(=O)N(c1ccc(F)cc1)c1cc(N)ccn1. The number of amides is 1. The highest BCUT2D eigenvalue weighted by atomic mass is 19.1. The number of anilines is 3. The van der Waals surface area contributed by atoms with Gasteiger partial charge in [-0.15, -0.1) is 0 Å². The summed E-state index contributed by atoms with van der Waals surface area (Å²) in [7, 11) is 0. The van der Waals surface area contributed by atoms with Gasteiger partial charge in [-0.05, 0) is 36.8 Å². The second-order valence-corrected chi connectivity index (χ2v) is 4.40. The summed E-state index contributed by atoms with van der Waals surface area (Å²) in [5, 5.41) is 0. The van der Waals surface area contributed by atoms with Crippen LogP contribution in [0, 0.1) is 5.82 Å². The molecule has 2 aromatic rings. The molecule has 20 heavy (non-hydrogen) atoms. The minimum atomic E-state index is -0.350. The number of pyridine rings is 1. The van der Waals surface area contributed by atoms with Crippen molar-refractivity contribution in [1.82, 2.24) is 4.98 Å². The van der Waals surface area contributed by atoms with Crippen molar-refractivity contribution >= 4 is 23.1 Å². The summed E-state index contributed by atoms with van der Waals surface area (Å²) < 4.78 is 13.0. The molecule has 0 unspecified atom stereocenters. The highest BCUT2D eigenvalue weighted by molar-refractivity contribution is 5.99. The fraction of sp³-hybridized carbons (Fsp3) is 0.200. The van der Waals surface area contributed by atoms with Crippen molar-refractivity contribution in [2.75, 3.05) is 10.6 Å². The fourth-order valence-corrected chi connectivity index (χ4v) is 1.88. The molecule has 2 N–H and O–H groups in total. The molecule has 0 aliphatic rings. The zero-order chi connectivity index (χ0) is 14.5. The van der Waals surface area contributed by atoms with Crippen molar-refractivity contribution in [3.63, 3.8) is 0 Å². The van der Waals surface area contributed by atoms with Crippen molar-refractivity contribution in [2.24, 2.45) is 0 Å². The molecule has 0 radical (unpaired) electrons. The van der Waals surface area contributed by atoms with E-state index in [0.29, 0.717) is 23.6 Å². The van der Waals surface area contributed by atoms with Gasteiger partial charge in [0.25, 0.3) is 0 Å². The zero-order valence-corrected chi connectivity index (χ0v) is 11.2. The summed E-state index contributed by atoms with van der Waals surface area (Å²) >= 11 is 0. The Morgan fingerprint density at radius 3 is 2.60 bits per heavy atom. The summed E-state index contributed by atoms with van der Waals surface area (Å²) in [6.07, 6.45) is 2.65. The monoisotopic (exact) mass is 273 g/mol. The van der Waals surface area contributed by atoms with Crippen LogP contribution in [0.4, 0.5) is 21.6 Å². The Hall–Kier alpha value is -2.43. The van der Waals surface area contributed by atoms with Gasteiger partial charge in [-0.1, -0.05) is 6.92 Å². The van der Waals surface area contributed by atoms with Gasteiger partial charge < -0.3 is 5.73 Å². The number of carbonyl (C=O) groups excluding carboxylic acids is 1. The maximum atomic E-state index is 13.0. The molecule has 1 aromatic carbocycles. The van der Waals surface area contributed by atoms with Gasteiger partial charge in [0.15, 0.2) is 0 Å². The second-order valence-electron chi connectivity index (χ2n) is 4.40. The number of nitrogen functional groups attached to an aromatic ring is 1. The third kappa shape index (κ3) is 3.12. The summed E-state index contributed by atoms with van der Waals surface area (Å²) in [4.78, 5) is 17.9. The molecule has 5 heteroatoms. The highest BCUT2D eigenvalue weighted by Crippen LogP contribution is 2.26. The average molecular weight is 273 g/mol. The van der Waals surface area contributed by atoms with Gasteiger partial charge in [0.05, 0.1) is 5.69 Å². The van der Waals surface area contributed by atoms with Gasteiger partial charge in [-0.2, -0.15) is 0 Å². The number of benzene rings is 1. The van der Waals surface area contributed by atoms with Crippen LogP contribution in [0.2, 0.25) is 0 Å². The standard InChI is InChI=1S/C15H16FN3O/c1-2-3-15(20)19(13-6-4-11(16)5-7-13)14-10-12(17)8-9-18-14/h4-10H,2-3H2,1H3,(H2,17,18). The van der Waals surface area contributed by atoms with E-state index in [0.717, 1.165) is 6.42 Å². The maximum Gasteiger partial charge on any atom is 0.232 e. The Labute approximate surface area is 117 Å². The summed E-state index contributed by atoms with van der Waals surface area (Å²) in [5.41, 5.74) is 6.83. The van der Waals surface area contributed by atoms with E-state index < -0.39 is 0 Å². The number of carbonyl (C=O) groups is 1. The number of halogens is 1. The maximum absolute atomic E-state index is 13.0. The normalized spacial score (nSPS) is 10.3. The largest absolute Gasteiger partial charge is 0.399 e. The first-order valence-corrected chi connectivity index (χ1v) is 6.42. The Morgan fingerprint density at radius 1 is 1.30 bits per heavy atom. The minimum Gasteiger partial charge on any atom is -0.399 e. The number of hydrogen-bond donors (Lipinski definition) is 1. The molecule has 0 atom stereocenters. The molecule has 104 valence electrons. The third-order valence-corrected chi connectivity index (χ3v) is 2.80. The van der Waals surface area contributed by atoms with E-state index in [9.17, 15) is 9.18 Å². The highest BCUT2D eigenvalue weighted by Gasteiger charge is 2.18. The van der Waals surface area contributed by atoms with Gasteiger partial charge in [-0.3, -0.25) is 9.69 Å². The van der Waals surface area contributed by atoms with Crippen molar-refractivity contribution < 1.29 is 9.18 Å². The van der Waals surface area contributed by atoms with Crippen molar-refractivity contribution in [3.8, 4) is 0 Å². The number of nitrogens with two attached hydrogens (primary N) is 1. The molecule has 1 amide bonds. The van der Waals surface area contributed by atoms with E-state index in [1.54, 1.807) is 30.5 Å². The molecule has 0 aliphatic heterocycles. The smallest absolute Gasteiger partial charge is 0.232 e. The molecule has 2 rings (SSSR count). The molecule has 0 aliphatic carbocycles. The summed E-state index contributed by atoms with van der Waals surface area (Å²) in [6.45, 7) is 1.92. The van der Waals surface area contributed by atoms with Crippen LogP contribution in [0.1, 0.15) is 19.8 Å². The van der Waals surface area contributed by atoms with Crippen molar-refractivity contribution in [2.45, 2.75) is 19.8 Å². The van der Waals surface area contributed by atoms with Crippen LogP contribution >= 0.6 is 0 Å². The fourth-order valence-electron chi connectivity index (χ4n) is 1.88. The molecular formula is C15H16FN3O. The molecule has 0 spiro atoms. The topological polar surface area (TPSA) is 59.2 Å². The average Bonchev–Trinajstić information content (AvgIpc) is 2.42.